The normalized spacial score (nSPS) is 12.7. The molecule has 1 aromatic heterocycles. The molecule has 1 unspecified atom stereocenters. The summed E-state index contributed by atoms with van der Waals surface area (Å²) in [6, 6.07) is 7.10. The van der Waals surface area contributed by atoms with E-state index >= 15 is 0 Å². The van der Waals surface area contributed by atoms with E-state index in [-0.39, 0.29) is 0 Å². The van der Waals surface area contributed by atoms with Gasteiger partial charge in [0.1, 0.15) is 5.76 Å². The number of rotatable bonds is 3. The molecule has 17 heavy (non-hydrogen) atoms. The van der Waals surface area contributed by atoms with Gasteiger partial charge >= 0.3 is 0 Å². The molecule has 1 N–H and O–H groups in total. The number of aliphatic hydroxyl groups excluding tert-OH is 1. The van der Waals surface area contributed by atoms with Gasteiger partial charge in [0.25, 0.3) is 0 Å². The van der Waals surface area contributed by atoms with E-state index in [0.717, 1.165) is 16.9 Å². The SMILES string of the molecule is Cc1cc(C(O)Cc2c(Cl)cccc2Cl)co1. The van der Waals surface area contributed by atoms with Crippen molar-refractivity contribution >= 4 is 23.2 Å². The predicted octanol–water partition coefficient (Wildman–Crippen LogP) is 4.17. The Bertz CT molecular complexity index is 500. The van der Waals surface area contributed by atoms with Gasteiger partial charge in [-0.1, -0.05) is 29.3 Å². The van der Waals surface area contributed by atoms with E-state index in [1.807, 2.05) is 6.92 Å². The lowest BCUT2D eigenvalue weighted by molar-refractivity contribution is 0.177. The highest BCUT2D eigenvalue weighted by Crippen LogP contribution is 2.29. The van der Waals surface area contributed by atoms with Crippen LogP contribution in [0, 0.1) is 6.92 Å². The maximum Gasteiger partial charge on any atom is 0.101 e. The van der Waals surface area contributed by atoms with Gasteiger partial charge in [0.05, 0.1) is 12.4 Å². The summed E-state index contributed by atoms with van der Waals surface area (Å²) in [5.41, 5.74) is 1.49. The summed E-state index contributed by atoms with van der Waals surface area (Å²) in [5, 5.41) is 11.2. The maximum absolute atomic E-state index is 10.1. The Hall–Kier alpha value is -0.960. The third kappa shape index (κ3) is 2.83. The Balaban J connectivity index is 2.21. The van der Waals surface area contributed by atoms with Gasteiger partial charge in [0.2, 0.25) is 0 Å². The fourth-order valence-corrected chi connectivity index (χ4v) is 2.23. The minimum Gasteiger partial charge on any atom is -0.469 e. The van der Waals surface area contributed by atoms with E-state index in [4.69, 9.17) is 27.6 Å². The molecule has 0 aliphatic rings. The first kappa shape index (κ1) is 12.5. The lowest BCUT2D eigenvalue weighted by atomic mass is 10.0. The fourth-order valence-electron chi connectivity index (χ4n) is 1.68. The number of aryl methyl sites for hydroxylation is 1. The quantitative estimate of drug-likeness (QED) is 0.908. The Morgan fingerprint density at radius 2 is 1.94 bits per heavy atom. The molecular weight excluding hydrogens is 259 g/mol. The Morgan fingerprint density at radius 3 is 2.47 bits per heavy atom. The van der Waals surface area contributed by atoms with Crippen molar-refractivity contribution in [1.82, 2.24) is 0 Å². The molecule has 0 saturated carbocycles. The Morgan fingerprint density at radius 1 is 1.29 bits per heavy atom. The van der Waals surface area contributed by atoms with E-state index in [1.165, 1.54) is 0 Å². The number of benzene rings is 1. The van der Waals surface area contributed by atoms with Crippen molar-refractivity contribution in [3.8, 4) is 0 Å². The standard InChI is InChI=1S/C13H12Cl2O2/c1-8-5-9(7-17-8)13(16)6-10-11(14)3-2-4-12(10)15/h2-5,7,13,16H,6H2,1H3. The zero-order valence-electron chi connectivity index (χ0n) is 9.28. The lowest BCUT2D eigenvalue weighted by Gasteiger charge is -2.11. The van der Waals surface area contributed by atoms with Crippen molar-refractivity contribution in [2.75, 3.05) is 0 Å². The van der Waals surface area contributed by atoms with E-state index in [1.54, 1.807) is 30.5 Å². The van der Waals surface area contributed by atoms with Crippen LogP contribution in [0.2, 0.25) is 10.0 Å². The van der Waals surface area contributed by atoms with Crippen LogP contribution in [0.3, 0.4) is 0 Å². The minimum absolute atomic E-state index is 0.373. The second-order valence-corrected chi connectivity index (χ2v) is 4.73. The summed E-state index contributed by atoms with van der Waals surface area (Å²) < 4.78 is 5.16. The van der Waals surface area contributed by atoms with E-state index in [9.17, 15) is 5.11 Å². The zero-order valence-corrected chi connectivity index (χ0v) is 10.8. The van der Waals surface area contributed by atoms with E-state index in [0.29, 0.717) is 16.5 Å². The Kier molecular flexibility index (Phi) is 3.77. The summed E-state index contributed by atoms with van der Waals surface area (Å²) >= 11 is 12.1. The molecule has 0 fully saturated rings. The van der Waals surface area contributed by atoms with Crippen LogP contribution in [0.4, 0.5) is 0 Å². The average molecular weight is 271 g/mol. The van der Waals surface area contributed by atoms with Crippen LogP contribution in [0.1, 0.15) is 23.0 Å². The number of halogens is 2. The molecule has 0 bridgehead atoms. The molecule has 0 aliphatic heterocycles. The molecule has 0 radical (unpaired) electrons. The Labute approximate surface area is 110 Å². The molecule has 90 valence electrons. The number of furan rings is 1. The number of aliphatic hydroxyl groups is 1. The van der Waals surface area contributed by atoms with Gasteiger partial charge in [0.15, 0.2) is 0 Å². The van der Waals surface area contributed by atoms with Crippen molar-refractivity contribution in [3.63, 3.8) is 0 Å². The highest BCUT2D eigenvalue weighted by Gasteiger charge is 2.15. The summed E-state index contributed by atoms with van der Waals surface area (Å²) in [4.78, 5) is 0. The van der Waals surface area contributed by atoms with Gasteiger partial charge < -0.3 is 9.52 Å². The molecule has 4 heteroatoms. The molecule has 2 aromatic rings. The molecular formula is C13H12Cl2O2. The van der Waals surface area contributed by atoms with Crippen LogP contribution in [-0.2, 0) is 6.42 Å². The monoisotopic (exact) mass is 270 g/mol. The molecule has 2 rings (SSSR count). The van der Waals surface area contributed by atoms with Crippen molar-refractivity contribution < 1.29 is 9.52 Å². The zero-order chi connectivity index (χ0) is 12.4. The lowest BCUT2D eigenvalue weighted by Crippen LogP contribution is -2.01. The van der Waals surface area contributed by atoms with Gasteiger partial charge in [-0.3, -0.25) is 0 Å². The van der Waals surface area contributed by atoms with Crippen LogP contribution in [0.15, 0.2) is 34.9 Å². The largest absolute Gasteiger partial charge is 0.469 e. The van der Waals surface area contributed by atoms with Crippen molar-refractivity contribution in [1.29, 1.82) is 0 Å². The van der Waals surface area contributed by atoms with Crippen molar-refractivity contribution in [2.24, 2.45) is 0 Å². The summed E-state index contributed by atoms with van der Waals surface area (Å²) in [6.07, 6.45) is 1.26. The third-order valence-corrected chi connectivity index (χ3v) is 3.30. The predicted molar refractivity (Wildman–Crippen MR) is 68.6 cm³/mol. The van der Waals surface area contributed by atoms with Gasteiger partial charge in [-0.15, -0.1) is 0 Å². The average Bonchev–Trinajstić information content (AvgIpc) is 2.70. The van der Waals surface area contributed by atoms with E-state index < -0.39 is 6.10 Å². The molecule has 1 atom stereocenters. The smallest absolute Gasteiger partial charge is 0.101 e. The molecule has 0 spiro atoms. The van der Waals surface area contributed by atoms with Crippen molar-refractivity contribution in [3.05, 3.63) is 57.5 Å². The van der Waals surface area contributed by atoms with Crippen LogP contribution in [-0.4, -0.2) is 5.11 Å². The van der Waals surface area contributed by atoms with Gasteiger partial charge in [-0.25, -0.2) is 0 Å². The van der Waals surface area contributed by atoms with Crippen LogP contribution in [0.5, 0.6) is 0 Å². The van der Waals surface area contributed by atoms with Crippen molar-refractivity contribution in [2.45, 2.75) is 19.4 Å². The molecule has 0 aliphatic carbocycles. The topological polar surface area (TPSA) is 33.4 Å². The highest BCUT2D eigenvalue weighted by molar-refractivity contribution is 6.35. The molecule has 0 amide bonds. The minimum atomic E-state index is -0.662. The van der Waals surface area contributed by atoms with Crippen LogP contribution < -0.4 is 0 Å². The van der Waals surface area contributed by atoms with Gasteiger partial charge in [0, 0.05) is 22.0 Å². The molecule has 1 heterocycles. The summed E-state index contributed by atoms with van der Waals surface area (Å²) in [7, 11) is 0. The maximum atomic E-state index is 10.1. The second-order valence-electron chi connectivity index (χ2n) is 3.91. The molecule has 1 aromatic carbocycles. The molecule has 2 nitrogen and oxygen atoms in total. The van der Waals surface area contributed by atoms with E-state index in [2.05, 4.69) is 0 Å². The second kappa shape index (κ2) is 5.13. The highest BCUT2D eigenvalue weighted by atomic mass is 35.5. The number of hydrogen-bond donors (Lipinski definition) is 1. The third-order valence-electron chi connectivity index (χ3n) is 2.59. The molecule has 0 saturated heterocycles. The summed E-state index contributed by atoms with van der Waals surface area (Å²) in [5.74, 6) is 0.768. The fraction of sp³-hybridized carbons (Fsp3) is 0.231. The first-order chi connectivity index (χ1) is 8.08. The first-order valence-electron chi connectivity index (χ1n) is 5.24. The van der Waals surface area contributed by atoms with Gasteiger partial charge in [-0.05, 0) is 30.7 Å². The van der Waals surface area contributed by atoms with Crippen LogP contribution >= 0.6 is 23.2 Å². The first-order valence-corrected chi connectivity index (χ1v) is 5.99. The van der Waals surface area contributed by atoms with Gasteiger partial charge in [-0.2, -0.15) is 0 Å². The summed E-state index contributed by atoms with van der Waals surface area (Å²) in [6.45, 7) is 1.83. The van der Waals surface area contributed by atoms with Crippen LogP contribution in [0.25, 0.3) is 0 Å². The number of hydrogen-bond acceptors (Lipinski definition) is 2.